The van der Waals surface area contributed by atoms with Crippen LogP contribution in [0.3, 0.4) is 0 Å². The van der Waals surface area contributed by atoms with Crippen molar-refractivity contribution in [3.8, 4) is 0 Å². The number of rotatable bonds is 25. The summed E-state index contributed by atoms with van der Waals surface area (Å²) in [5.41, 5.74) is 0. The summed E-state index contributed by atoms with van der Waals surface area (Å²) >= 11 is 0. The van der Waals surface area contributed by atoms with Crippen LogP contribution < -0.4 is 16.0 Å². The number of aliphatic hydroxyl groups is 19. The van der Waals surface area contributed by atoms with E-state index in [-0.39, 0.29) is 0 Å². The Hall–Kier alpha value is -3.85. The summed E-state index contributed by atoms with van der Waals surface area (Å²) in [6.45, 7) is -3.83. The predicted octanol–water partition coefficient (Wildman–Crippen LogP) is -15.3. The zero-order valence-electron chi connectivity index (χ0n) is 46.9. The highest BCUT2D eigenvalue weighted by atomic mass is 16.8. The molecule has 6 aliphatic heterocycles. The van der Waals surface area contributed by atoms with Crippen LogP contribution in [0.2, 0.25) is 0 Å². The summed E-state index contributed by atoms with van der Waals surface area (Å²) in [5.74, 6) is -13.2. The zero-order valence-corrected chi connectivity index (χ0v) is 46.9. The van der Waals surface area contributed by atoms with Gasteiger partial charge in [-0.1, -0.05) is 0 Å². The topological polar surface area (TPSA) is 648 Å². The molecule has 6 rings (SSSR count). The average molecular weight is 1290 g/mol. The number of aliphatic hydroxyl groups excluding tert-OH is 19. The van der Waals surface area contributed by atoms with E-state index in [4.69, 9.17) is 52.1 Å². The van der Waals surface area contributed by atoms with Gasteiger partial charge in [0.2, 0.25) is 17.7 Å². The summed E-state index contributed by atoms with van der Waals surface area (Å²) in [5, 5.41) is 234. The van der Waals surface area contributed by atoms with Crippen LogP contribution in [0.1, 0.15) is 33.6 Å². The third kappa shape index (κ3) is 15.8. The van der Waals surface area contributed by atoms with E-state index in [9.17, 15) is 131 Å². The first-order valence-electron chi connectivity index (χ1n) is 27.4. The van der Waals surface area contributed by atoms with Gasteiger partial charge in [-0.05, 0) is 0 Å². The van der Waals surface area contributed by atoms with E-state index in [2.05, 4.69) is 16.0 Å². The van der Waals surface area contributed by atoms with E-state index in [0.717, 1.165) is 20.8 Å². The van der Waals surface area contributed by atoms with Crippen molar-refractivity contribution in [2.24, 2.45) is 0 Å². The fourth-order valence-corrected chi connectivity index (χ4v) is 11.0. The van der Waals surface area contributed by atoms with E-state index in [1.54, 1.807) is 0 Å². The molecule has 24 N–H and O–H groups in total. The summed E-state index contributed by atoms with van der Waals surface area (Å²) in [4.78, 5) is 62.7. The standard InChI is InChI=1S/C48H79N3O37/c1-12(57)49-23-15(60)4-47(45(74)75,85-36(23)26(64)17(62)6-52)87-39-28(66)19(8-54)80-43(33(39)71)83-35-21(10-56)82-42(25(31(35)69)51-14(3)59)78-11-22-30(68)38(32(70)41(73)79-22)84-44-34(72)40(29(67)20(9-55)81-44)88-48(46(76)77)5-16(61)24(50-13(2)58)37(86-48)27(65)18(63)7-53/h15-44,52-56,60-73H,4-11H2,1-3H3,(H,49,57)(H,50,58)(H,51,59)(H,74,75)(H,76,77)/t15-,16-,17+,18+,19+,20+,21+,22+,23+,24+,25+,26+,27+,28-,29-,30-,31+,32+,33+,34+,35+,36+,37+,38-,39-,40-,41?,42+,43-,44-,47-,48-/m0/s1. The molecule has 6 heterocycles. The monoisotopic (exact) mass is 1290 g/mol. The lowest BCUT2D eigenvalue weighted by Crippen LogP contribution is -2.71. The maximum absolute atomic E-state index is 13.0. The van der Waals surface area contributed by atoms with Gasteiger partial charge in [-0.25, -0.2) is 9.59 Å². The fourth-order valence-electron chi connectivity index (χ4n) is 11.0. The maximum atomic E-state index is 13.0. The molecule has 508 valence electrons. The summed E-state index contributed by atoms with van der Waals surface area (Å²) in [6.07, 6.45) is -60.4. The number of carbonyl (C=O) groups is 5. The molecule has 0 spiro atoms. The molecule has 1 unspecified atom stereocenters. The predicted molar refractivity (Wildman–Crippen MR) is 268 cm³/mol. The Labute approximate surface area is 496 Å². The van der Waals surface area contributed by atoms with Gasteiger partial charge in [-0.2, -0.15) is 0 Å². The Bertz CT molecular complexity index is 2320. The smallest absolute Gasteiger partial charge is 0.364 e. The summed E-state index contributed by atoms with van der Waals surface area (Å²) in [7, 11) is 0. The third-order valence-electron chi connectivity index (χ3n) is 15.6. The number of carboxylic acid groups (broad SMARTS) is 2. The van der Waals surface area contributed by atoms with Crippen molar-refractivity contribution in [1.29, 1.82) is 0 Å². The van der Waals surface area contributed by atoms with Gasteiger partial charge >= 0.3 is 11.9 Å². The highest BCUT2D eigenvalue weighted by Crippen LogP contribution is 2.41. The van der Waals surface area contributed by atoms with E-state index in [1.807, 2.05) is 0 Å². The van der Waals surface area contributed by atoms with Crippen molar-refractivity contribution in [3.63, 3.8) is 0 Å². The van der Waals surface area contributed by atoms with E-state index in [1.165, 1.54) is 0 Å². The van der Waals surface area contributed by atoms with Gasteiger partial charge in [0.25, 0.3) is 11.6 Å². The average Bonchev–Trinajstić information content (AvgIpc) is 1.72. The van der Waals surface area contributed by atoms with Crippen molar-refractivity contribution in [2.45, 2.75) is 229 Å². The number of nitrogens with one attached hydrogen (secondary N) is 3. The van der Waals surface area contributed by atoms with Crippen LogP contribution in [0.15, 0.2) is 0 Å². The van der Waals surface area contributed by atoms with Gasteiger partial charge in [-0.15, -0.1) is 0 Å². The summed E-state index contributed by atoms with van der Waals surface area (Å²) < 4.78 is 62.1. The molecule has 3 amide bonds. The van der Waals surface area contributed by atoms with Crippen molar-refractivity contribution in [3.05, 3.63) is 0 Å². The molecule has 40 heteroatoms. The highest BCUT2D eigenvalue weighted by Gasteiger charge is 2.63. The molecule has 0 aromatic rings. The van der Waals surface area contributed by atoms with Gasteiger partial charge in [0.05, 0.1) is 63.9 Å². The molecule has 6 saturated heterocycles. The molecule has 0 aliphatic carbocycles. The molecular formula is C48H79N3O37. The third-order valence-corrected chi connectivity index (χ3v) is 15.6. The Morgan fingerprint density at radius 2 is 0.841 bits per heavy atom. The zero-order chi connectivity index (χ0) is 65.8. The molecule has 32 atom stereocenters. The van der Waals surface area contributed by atoms with E-state index in [0.29, 0.717) is 0 Å². The number of amides is 3. The van der Waals surface area contributed by atoms with Gasteiger partial charge in [-0.3, -0.25) is 14.4 Å². The fraction of sp³-hybridized carbons (Fsp3) is 0.896. The molecule has 0 saturated carbocycles. The first-order valence-corrected chi connectivity index (χ1v) is 27.4. The molecule has 0 aromatic carbocycles. The molecule has 0 aromatic heterocycles. The first-order chi connectivity index (χ1) is 41.2. The Morgan fingerprint density at radius 3 is 1.22 bits per heavy atom. The van der Waals surface area contributed by atoms with Crippen LogP contribution >= 0.6 is 0 Å². The normalized spacial score (nSPS) is 44.6. The van der Waals surface area contributed by atoms with Gasteiger partial charge < -0.3 is 175 Å². The second kappa shape index (κ2) is 30.7. The van der Waals surface area contributed by atoms with Gasteiger partial charge in [0.15, 0.2) is 25.2 Å². The molecule has 6 fully saturated rings. The lowest BCUT2D eigenvalue weighted by atomic mass is 9.88. The maximum Gasteiger partial charge on any atom is 0.364 e. The van der Waals surface area contributed by atoms with E-state index >= 15 is 0 Å². The minimum absolute atomic E-state index is 0.838. The SMILES string of the molecule is CC(=O)N[C@H]1[C@H](OC[C@H]2OC(O)[C@H](O)[C@@H](O[C@@H]3O[C@H](CO)[C@H](O)[C@H](O[C@]4(C(=O)O)C[C@H](O)[C@@H](NC(C)=O)[C@H]([C@H](O)[C@H](O)CO)O4)[C@H]3O)[C@H]2O)O[C@H](CO)[C@@H](O[C@@H]2O[C@H](CO)[C@H](O)[C@H](O[C@]3(C(=O)O)C[C@H](O)[C@@H](NC(C)=O)[C@H]([C@H](O)[C@H](O)CO)O3)[C@H]2O)[C@@H]1O. The number of carbonyl (C=O) groups excluding carboxylic acids is 3. The molecular weight excluding hydrogens is 1210 g/mol. The number of carboxylic acids is 2. The minimum Gasteiger partial charge on any atom is -0.477 e. The van der Waals surface area contributed by atoms with Crippen LogP contribution in [0.5, 0.6) is 0 Å². The van der Waals surface area contributed by atoms with Crippen LogP contribution in [-0.2, 0) is 76.1 Å². The van der Waals surface area contributed by atoms with E-state index < -0.39 is 277 Å². The van der Waals surface area contributed by atoms with Crippen LogP contribution in [0, 0.1) is 0 Å². The van der Waals surface area contributed by atoms with Crippen LogP contribution in [0.25, 0.3) is 0 Å². The van der Waals surface area contributed by atoms with Crippen LogP contribution in [-0.4, -0.2) is 372 Å². The van der Waals surface area contributed by atoms with Gasteiger partial charge in [0.1, 0.15) is 134 Å². The largest absolute Gasteiger partial charge is 0.477 e. The molecule has 88 heavy (non-hydrogen) atoms. The molecule has 0 radical (unpaired) electrons. The molecule has 0 bridgehead atoms. The van der Waals surface area contributed by atoms with Crippen molar-refractivity contribution in [1.82, 2.24) is 16.0 Å². The second-order valence-electron chi connectivity index (χ2n) is 21.9. The highest BCUT2D eigenvalue weighted by molar-refractivity contribution is 5.77. The Kier molecular flexibility index (Phi) is 25.6. The van der Waals surface area contributed by atoms with Crippen LogP contribution in [0.4, 0.5) is 0 Å². The number of ether oxygens (including phenoxy) is 11. The number of hydrogen-bond donors (Lipinski definition) is 24. The minimum atomic E-state index is -3.22. The van der Waals surface area contributed by atoms with Crippen molar-refractivity contribution < 1.29 is 183 Å². The number of aliphatic carboxylic acids is 2. The molecule has 6 aliphatic rings. The molecule has 40 nitrogen and oxygen atoms in total. The first kappa shape index (κ1) is 73.2. The quantitative estimate of drug-likeness (QED) is 0.0404. The lowest BCUT2D eigenvalue weighted by molar-refractivity contribution is -0.388. The van der Waals surface area contributed by atoms with Crippen molar-refractivity contribution >= 4 is 29.7 Å². The number of hydrogen-bond acceptors (Lipinski definition) is 35. The second-order valence-corrected chi connectivity index (χ2v) is 21.9. The Balaban J connectivity index is 1.20. The lowest BCUT2D eigenvalue weighted by Gasteiger charge is -2.51. The summed E-state index contributed by atoms with van der Waals surface area (Å²) in [6, 6.07) is -5.19. The van der Waals surface area contributed by atoms with Crippen molar-refractivity contribution in [2.75, 3.05) is 39.6 Å². The Morgan fingerprint density at radius 1 is 0.466 bits per heavy atom. The van der Waals surface area contributed by atoms with Gasteiger partial charge in [0, 0.05) is 33.6 Å².